The number of hydrogen-bond donors (Lipinski definition) is 1. The number of aromatic amines is 1. The van der Waals surface area contributed by atoms with Crippen LogP contribution in [0, 0.1) is 25.5 Å². The summed E-state index contributed by atoms with van der Waals surface area (Å²) in [5.74, 6) is -0.311. The summed E-state index contributed by atoms with van der Waals surface area (Å²) in [4.78, 5) is 4.56. The van der Waals surface area contributed by atoms with Crippen LogP contribution in [-0.4, -0.2) is 30.2 Å². The van der Waals surface area contributed by atoms with E-state index in [4.69, 9.17) is 0 Å². The number of nitrogens with one attached hydrogen (secondary N) is 1. The first-order valence-electron chi connectivity index (χ1n) is 9.30. The molecule has 0 spiro atoms. The number of benzene rings is 3. The normalized spacial score (nSPS) is 11.3. The number of fused-ring (bicyclic) bond motifs is 1. The van der Waals surface area contributed by atoms with E-state index in [-0.39, 0.29) is 5.56 Å². The molecule has 5 rings (SSSR count). The van der Waals surface area contributed by atoms with Crippen LogP contribution in [0.4, 0.5) is 8.78 Å². The number of rotatable bonds is 3. The topological polar surface area (TPSA) is 72.3 Å². The lowest BCUT2D eigenvalue weighted by Crippen LogP contribution is -2.02. The van der Waals surface area contributed by atoms with Gasteiger partial charge in [0, 0.05) is 11.6 Å². The fourth-order valence-electron chi connectivity index (χ4n) is 3.31. The van der Waals surface area contributed by atoms with E-state index in [2.05, 4.69) is 25.5 Å². The third-order valence-corrected chi connectivity index (χ3v) is 5.07. The molecule has 0 fully saturated rings. The molecule has 0 atom stereocenters. The maximum absolute atomic E-state index is 15.0. The number of nitrogens with zero attached hydrogens (tertiary/aromatic N) is 5. The van der Waals surface area contributed by atoms with Crippen molar-refractivity contribution in [3.63, 3.8) is 0 Å². The van der Waals surface area contributed by atoms with Crippen LogP contribution in [0.3, 0.4) is 0 Å². The molecule has 0 saturated carbocycles. The minimum absolute atomic E-state index is 0.227. The van der Waals surface area contributed by atoms with E-state index in [0.717, 1.165) is 16.8 Å². The molecule has 1 N–H and O–H groups in total. The minimum atomic E-state index is -0.500. The number of aryl methyl sites for hydroxylation is 2. The Hall–Kier alpha value is -3.94. The maximum Gasteiger partial charge on any atom is 0.182 e. The summed E-state index contributed by atoms with van der Waals surface area (Å²) in [7, 11) is 0. The molecule has 0 aliphatic carbocycles. The molecule has 0 radical (unpaired) electrons. The molecule has 0 aliphatic heterocycles. The number of H-pyrrole nitrogens is 1. The van der Waals surface area contributed by atoms with Gasteiger partial charge in [-0.2, -0.15) is 15.4 Å². The quantitative estimate of drug-likeness (QED) is 0.472. The fraction of sp³-hybridized carbons (Fsp3) is 0.0909. The summed E-state index contributed by atoms with van der Waals surface area (Å²) in [6, 6.07) is 14.7. The largest absolute Gasteiger partial charge is 0.213 e. The first kappa shape index (κ1) is 18.1. The highest BCUT2D eigenvalue weighted by atomic mass is 19.1. The van der Waals surface area contributed by atoms with Crippen LogP contribution in [0.25, 0.3) is 39.5 Å². The van der Waals surface area contributed by atoms with Crippen molar-refractivity contribution < 1.29 is 8.78 Å². The van der Waals surface area contributed by atoms with Crippen molar-refractivity contribution >= 4 is 11.0 Å². The number of hydrogen-bond acceptors (Lipinski definition) is 4. The van der Waals surface area contributed by atoms with E-state index >= 15 is 0 Å². The fourth-order valence-corrected chi connectivity index (χ4v) is 3.31. The molecular formula is C22H16F2N6. The number of halogens is 2. The predicted molar refractivity (Wildman–Crippen MR) is 109 cm³/mol. The predicted octanol–water partition coefficient (Wildman–Crippen LogP) is 4.77. The summed E-state index contributed by atoms with van der Waals surface area (Å²) in [6.07, 6.45) is 0. The van der Waals surface area contributed by atoms with Gasteiger partial charge in [-0.05, 0) is 55.3 Å². The molecule has 0 bridgehead atoms. The molecule has 6 nitrogen and oxygen atoms in total. The lowest BCUT2D eigenvalue weighted by Gasteiger charge is -2.09. The van der Waals surface area contributed by atoms with Crippen molar-refractivity contribution in [2.45, 2.75) is 13.8 Å². The van der Waals surface area contributed by atoms with Crippen molar-refractivity contribution in [3.8, 4) is 28.5 Å². The maximum atomic E-state index is 15.0. The van der Waals surface area contributed by atoms with Crippen LogP contribution in [-0.2, 0) is 0 Å². The van der Waals surface area contributed by atoms with Gasteiger partial charge in [-0.1, -0.05) is 18.2 Å². The van der Waals surface area contributed by atoms with Crippen molar-refractivity contribution in [3.05, 3.63) is 77.4 Å². The van der Waals surface area contributed by atoms with Crippen LogP contribution in [0.5, 0.6) is 0 Å². The number of aromatic nitrogens is 6. The SMILES string of the molecule is Cc1ccc(-n2nc(-c3cccc(F)c3)nc2-c2cc3n[nH]nc3cc2F)cc1C. The van der Waals surface area contributed by atoms with Gasteiger partial charge in [-0.15, -0.1) is 5.10 Å². The van der Waals surface area contributed by atoms with E-state index in [1.54, 1.807) is 22.9 Å². The van der Waals surface area contributed by atoms with Gasteiger partial charge in [-0.3, -0.25) is 0 Å². The molecule has 0 saturated heterocycles. The van der Waals surface area contributed by atoms with Crippen LogP contribution in [0.2, 0.25) is 0 Å². The highest BCUT2D eigenvalue weighted by Gasteiger charge is 2.20. The summed E-state index contributed by atoms with van der Waals surface area (Å²) in [5.41, 5.74) is 4.57. The Kier molecular flexibility index (Phi) is 4.13. The standard InChI is InChI=1S/C22H16F2N6/c1-12-6-7-16(8-13(12)2)30-22(17-10-19-20(11-18(17)24)27-29-26-19)25-21(28-30)14-4-3-5-15(23)9-14/h3-11H,1-2H3,(H,26,27,29). The highest BCUT2D eigenvalue weighted by Crippen LogP contribution is 2.30. The van der Waals surface area contributed by atoms with Gasteiger partial charge < -0.3 is 0 Å². The van der Waals surface area contributed by atoms with Gasteiger partial charge in [0.05, 0.1) is 11.3 Å². The summed E-state index contributed by atoms with van der Waals surface area (Å²) >= 11 is 0. The Labute approximate surface area is 170 Å². The zero-order valence-electron chi connectivity index (χ0n) is 16.2. The van der Waals surface area contributed by atoms with Gasteiger partial charge in [0.1, 0.15) is 22.7 Å². The van der Waals surface area contributed by atoms with Crippen molar-refractivity contribution in [1.29, 1.82) is 0 Å². The third-order valence-electron chi connectivity index (χ3n) is 5.07. The molecule has 0 aliphatic rings. The van der Waals surface area contributed by atoms with Crippen molar-refractivity contribution in [2.75, 3.05) is 0 Å². The summed E-state index contributed by atoms with van der Waals surface area (Å²) in [5, 5.41) is 15.0. The third kappa shape index (κ3) is 3.02. The zero-order valence-corrected chi connectivity index (χ0v) is 16.2. The second-order valence-electron chi connectivity index (χ2n) is 7.09. The molecule has 8 heteroatoms. The van der Waals surface area contributed by atoms with E-state index < -0.39 is 11.6 Å². The highest BCUT2D eigenvalue weighted by molar-refractivity contribution is 5.80. The molecule has 2 heterocycles. The molecule has 2 aromatic heterocycles. The lowest BCUT2D eigenvalue weighted by atomic mass is 10.1. The van der Waals surface area contributed by atoms with E-state index in [0.29, 0.717) is 28.2 Å². The smallest absolute Gasteiger partial charge is 0.182 e. The Bertz CT molecular complexity index is 1400. The molecule has 0 unspecified atom stereocenters. The Morgan fingerprint density at radius 2 is 1.67 bits per heavy atom. The molecule has 3 aromatic carbocycles. The van der Waals surface area contributed by atoms with Gasteiger partial charge >= 0.3 is 0 Å². The molecule has 5 aromatic rings. The summed E-state index contributed by atoms with van der Waals surface area (Å²) < 4.78 is 30.3. The second-order valence-corrected chi connectivity index (χ2v) is 7.09. The first-order chi connectivity index (χ1) is 14.5. The average molecular weight is 402 g/mol. The van der Waals surface area contributed by atoms with Gasteiger partial charge in [0.15, 0.2) is 11.6 Å². The van der Waals surface area contributed by atoms with Crippen molar-refractivity contribution in [1.82, 2.24) is 30.2 Å². The van der Waals surface area contributed by atoms with Crippen molar-refractivity contribution in [2.24, 2.45) is 0 Å². The molecule has 30 heavy (non-hydrogen) atoms. The van der Waals surface area contributed by atoms with Gasteiger partial charge in [0.2, 0.25) is 0 Å². The van der Waals surface area contributed by atoms with Crippen LogP contribution in [0.15, 0.2) is 54.6 Å². The minimum Gasteiger partial charge on any atom is -0.213 e. The van der Waals surface area contributed by atoms with Gasteiger partial charge in [0.25, 0.3) is 0 Å². The zero-order chi connectivity index (χ0) is 20.8. The molecular weight excluding hydrogens is 386 g/mol. The van der Waals surface area contributed by atoms with Crippen LogP contribution < -0.4 is 0 Å². The Balaban J connectivity index is 1.77. The van der Waals surface area contributed by atoms with E-state index in [1.165, 1.54) is 18.2 Å². The average Bonchev–Trinajstić information content (AvgIpc) is 3.36. The van der Waals surface area contributed by atoms with Crippen LogP contribution >= 0.6 is 0 Å². The lowest BCUT2D eigenvalue weighted by molar-refractivity contribution is 0.628. The molecule has 148 valence electrons. The van der Waals surface area contributed by atoms with E-state index in [1.807, 2.05) is 32.0 Å². The Morgan fingerprint density at radius 3 is 2.43 bits per heavy atom. The summed E-state index contributed by atoms with van der Waals surface area (Å²) in [6.45, 7) is 4.00. The monoisotopic (exact) mass is 402 g/mol. The van der Waals surface area contributed by atoms with Gasteiger partial charge in [-0.25, -0.2) is 18.4 Å². The van der Waals surface area contributed by atoms with E-state index in [9.17, 15) is 8.78 Å². The second kappa shape index (κ2) is 6.84. The Morgan fingerprint density at radius 1 is 0.867 bits per heavy atom. The van der Waals surface area contributed by atoms with Crippen LogP contribution in [0.1, 0.15) is 11.1 Å². The molecule has 0 amide bonds. The first-order valence-corrected chi connectivity index (χ1v) is 9.30.